The van der Waals surface area contributed by atoms with Crippen molar-refractivity contribution in [1.29, 1.82) is 0 Å². The van der Waals surface area contributed by atoms with Gasteiger partial charge in [-0.15, -0.1) is 0 Å². The lowest BCUT2D eigenvalue weighted by atomic mass is 10.3. The van der Waals surface area contributed by atoms with Crippen LogP contribution < -0.4 is 15.4 Å². The number of ether oxygens (including phenoxy) is 1. The molecule has 1 aliphatic carbocycles. The molecule has 0 aromatic heterocycles. The Bertz CT molecular complexity index is 534. The lowest BCUT2D eigenvalue weighted by Crippen LogP contribution is -2.44. The quantitative estimate of drug-likeness (QED) is 0.536. The number of hydrogen-bond acceptors (Lipinski definition) is 3. The molecular formula is C18H29FN4O. The summed E-state index contributed by atoms with van der Waals surface area (Å²) < 4.78 is 18.8. The Labute approximate surface area is 144 Å². The molecule has 134 valence electrons. The molecule has 0 radical (unpaired) electrons. The summed E-state index contributed by atoms with van der Waals surface area (Å²) in [4.78, 5) is 6.72. The Kier molecular flexibility index (Phi) is 7.31. The van der Waals surface area contributed by atoms with Crippen molar-refractivity contribution in [3.05, 3.63) is 30.1 Å². The summed E-state index contributed by atoms with van der Waals surface area (Å²) in [5.74, 6) is 1.01. The van der Waals surface area contributed by atoms with E-state index in [9.17, 15) is 4.39 Å². The SMILES string of the molecule is CCN(CCNC(=NC)NCC(C)Oc1cccc(F)c1)C1CC1. The first-order valence-corrected chi connectivity index (χ1v) is 8.73. The number of halogens is 1. The van der Waals surface area contributed by atoms with Crippen molar-refractivity contribution in [2.75, 3.05) is 33.2 Å². The fourth-order valence-corrected chi connectivity index (χ4v) is 2.63. The molecule has 0 saturated heterocycles. The molecule has 1 aromatic carbocycles. The molecule has 2 N–H and O–H groups in total. The Hall–Kier alpha value is -1.82. The molecule has 6 heteroatoms. The van der Waals surface area contributed by atoms with Gasteiger partial charge in [0, 0.05) is 32.2 Å². The molecule has 1 atom stereocenters. The number of likely N-dealkylation sites (N-methyl/N-ethyl adjacent to an activating group) is 1. The second-order valence-corrected chi connectivity index (χ2v) is 6.13. The van der Waals surface area contributed by atoms with Crippen molar-refractivity contribution >= 4 is 5.96 Å². The molecule has 24 heavy (non-hydrogen) atoms. The average Bonchev–Trinajstić information content (AvgIpc) is 3.39. The second kappa shape index (κ2) is 9.47. The zero-order valence-electron chi connectivity index (χ0n) is 14.9. The molecule has 5 nitrogen and oxygen atoms in total. The van der Waals surface area contributed by atoms with Crippen LogP contribution in [0.15, 0.2) is 29.3 Å². The third-order valence-corrected chi connectivity index (χ3v) is 4.07. The monoisotopic (exact) mass is 336 g/mol. The molecule has 1 fully saturated rings. The van der Waals surface area contributed by atoms with E-state index in [0.717, 1.165) is 31.6 Å². The van der Waals surface area contributed by atoms with Gasteiger partial charge in [-0.2, -0.15) is 0 Å². The van der Waals surface area contributed by atoms with Crippen molar-refractivity contribution < 1.29 is 9.13 Å². The van der Waals surface area contributed by atoms with Crippen LogP contribution in [-0.2, 0) is 0 Å². The first-order valence-electron chi connectivity index (χ1n) is 8.73. The first kappa shape index (κ1) is 18.5. The van der Waals surface area contributed by atoms with E-state index in [0.29, 0.717) is 12.3 Å². The first-order chi connectivity index (χ1) is 11.6. The zero-order valence-corrected chi connectivity index (χ0v) is 14.9. The van der Waals surface area contributed by atoms with Gasteiger partial charge < -0.3 is 15.4 Å². The lowest BCUT2D eigenvalue weighted by Gasteiger charge is -2.21. The van der Waals surface area contributed by atoms with Crippen LogP contribution >= 0.6 is 0 Å². The number of nitrogens with zero attached hydrogens (tertiary/aromatic N) is 2. The molecule has 0 amide bonds. The smallest absolute Gasteiger partial charge is 0.191 e. The Balaban J connectivity index is 1.66. The predicted molar refractivity (Wildman–Crippen MR) is 96.1 cm³/mol. The maximum atomic E-state index is 13.2. The van der Waals surface area contributed by atoms with Gasteiger partial charge in [0.05, 0.1) is 6.54 Å². The van der Waals surface area contributed by atoms with Gasteiger partial charge >= 0.3 is 0 Å². The van der Waals surface area contributed by atoms with E-state index in [1.807, 2.05) is 6.92 Å². The molecule has 0 heterocycles. The summed E-state index contributed by atoms with van der Waals surface area (Å²) in [5, 5.41) is 6.57. The average molecular weight is 336 g/mol. The van der Waals surface area contributed by atoms with Crippen LogP contribution in [0.2, 0.25) is 0 Å². The van der Waals surface area contributed by atoms with E-state index < -0.39 is 0 Å². The van der Waals surface area contributed by atoms with E-state index in [4.69, 9.17) is 4.74 Å². The van der Waals surface area contributed by atoms with Gasteiger partial charge in [0.1, 0.15) is 17.7 Å². The summed E-state index contributed by atoms with van der Waals surface area (Å²) in [5.41, 5.74) is 0. The molecule has 1 saturated carbocycles. The Morgan fingerprint density at radius 3 is 2.83 bits per heavy atom. The number of hydrogen-bond donors (Lipinski definition) is 2. The summed E-state index contributed by atoms with van der Waals surface area (Å²) in [7, 11) is 1.76. The number of benzene rings is 1. The number of rotatable bonds is 9. The minimum atomic E-state index is -0.290. The molecule has 0 bridgehead atoms. The van der Waals surface area contributed by atoms with Crippen molar-refractivity contribution in [3.8, 4) is 5.75 Å². The van der Waals surface area contributed by atoms with Crippen LogP contribution in [0, 0.1) is 5.82 Å². The van der Waals surface area contributed by atoms with Gasteiger partial charge in [-0.1, -0.05) is 13.0 Å². The van der Waals surface area contributed by atoms with E-state index in [2.05, 4.69) is 27.4 Å². The summed E-state index contributed by atoms with van der Waals surface area (Å²) >= 11 is 0. The predicted octanol–water partition coefficient (Wildman–Crippen LogP) is 2.24. The highest BCUT2D eigenvalue weighted by Crippen LogP contribution is 2.25. The largest absolute Gasteiger partial charge is 0.489 e. The van der Waals surface area contributed by atoms with E-state index in [-0.39, 0.29) is 11.9 Å². The third-order valence-electron chi connectivity index (χ3n) is 4.07. The van der Waals surface area contributed by atoms with Gasteiger partial charge in [0.25, 0.3) is 0 Å². The molecule has 0 spiro atoms. The topological polar surface area (TPSA) is 48.9 Å². The molecule has 1 aliphatic rings. The van der Waals surface area contributed by atoms with Gasteiger partial charge in [-0.05, 0) is 38.4 Å². The maximum Gasteiger partial charge on any atom is 0.191 e. The molecule has 1 aromatic rings. The molecular weight excluding hydrogens is 307 g/mol. The third kappa shape index (κ3) is 6.35. The van der Waals surface area contributed by atoms with Gasteiger partial charge in [-0.3, -0.25) is 9.89 Å². The highest BCUT2D eigenvalue weighted by molar-refractivity contribution is 5.79. The van der Waals surface area contributed by atoms with Crippen LogP contribution in [0.4, 0.5) is 4.39 Å². The van der Waals surface area contributed by atoms with Crippen LogP contribution in [0.5, 0.6) is 5.75 Å². The molecule has 2 rings (SSSR count). The Morgan fingerprint density at radius 2 is 2.21 bits per heavy atom. The fraction of sp³-hybridized carbons (Fsp3) is 0.611. The second-order valence-electron chi connectivity index (χ2n) is 6.13. The van der Waals surface area contributed by atoms with Crippen molar-refractivity contribution in [2.45, 2.75) is 38.8 Å². The van der Waals surface area contributed by atoms with E-state index >= 15 is 0 Å². The zero-order chi connectivity index (χ0) is 17.4. The minimum absolute atomic E-state index is 0.0936. The Morgan fingerprint density at radius 1 is 1.42 bits per heavy atom. The van der Waals surface area contributed by atoms with Crippen molar-refractivity contribution in [3.63, 3.8) is 0 Å². The van der Waals surface area contributed by atoms with E-state index in [1.54, 1.807) is 19.2 Å². The lowest BCUT2D eigenvalue weighted by molar-refractivity contribution is 0.223. The highest BCUT2D eigenvalue weighted by atomic mass is 19.1. The summed E-state index contributed by atoms with van der Waals surface area (Å²) in [6.45, 7) is 7.72. The highest BCUT2D eigenvalue weighted by Gasteiger charge is 2.27. The normalized spacial score (nSPS) is 16.1. The van der Waals surface area contributed by atoms with Crippen molar-refractivity contribution in [1.82, 2.24) is 15.5 Å². The number of aliphatic imine (C=N–C) groups is 1. The molecule has 1 unspecified atom stereocenters. The van der Waals surface area contributed by atoms with Crippen molar-refractivity contribution in [2.24, 2.45) is 4.99 Å². The number of nitrogens with one attached hydrogen (secondary N) is 2. The summed E-state index contributed by atoms with van der Waals surface area (Å²) in [6.07, 6.45) is 2.56. The van der Waals surface area contributed by atoms with Crippen LogP contribution in [0.1, 0.15) is 26.7 Å². The van der Waals surface area contributed by atoms with Gasteiger partial charge in [-0.25, -0.2) is 4.39 Å². The minimum Gasteiger partial charge on any atom is -0.489 e. The van der Waals surface area contributed by atoms with Gasteiger partial charge in [0.15, 0.2) is 5.96 Å². The fourth-order valence-electron chi connectivity index (χ4n) is 2.63. The van der Waals surface area contributed by atoms with Gasteiger partial charge in [0.2, 0.25) is 0 Å². The van der Waals surface area contributed by atoms with Crippen LogP contribution in [-0.4, -0.2) is 56.2 Å². The number of guanidine groups is 1. The summed E-state index contributed by atoms with van der Waals surface area (Å²) in [6, 6.07) is 6.98. The van der Waals surface area contributed by atoms with Crippen LogP contribution in [0.25, 0.3) is 0 Å². The van der Waals surface area contributed by atoms with E-state index in [1.165, 1.54) is 25.0 Å². The molecule has 0 aliphatic heterocycles. The standard InChI is InChI=1S/C18H29FN4O/c1-4-23(16-8-9-16)11-10-21-18(20-3)22-13-14(2)24-17-7-5-6-15(19)12-17/h5-7,12,14,16H,4,8-11,13H2,1-3H3,(H2,20,21,22). The maximum absolute atomic E-state index is 13.2. The van der Waals surface area contributed by atoms with Crippen LogP contribution in [0.3, 0.4) is 0 Å².